The van der Waals surface area contributed by atoms with Crippen molar-refractivity contribution in [3.05, 3.63) is 24.3 Å². The molecule has 1 aromatic carbocycles. The molecule has 0 aromatic heterocycles. The summed E-state index contributed by atoms with van der Waals surface area (Å²) in [7, 11) is 1.65. The van der Waals surface area contributed by atoms with Gasteiger partial charge >= 0.3 is 0 Å². The lowest BCUT2D eigenvalue weighted by molar-refractivity contribution is -0.0823. The number of hydrogen-bond donors (Lipinski definition) is 2. The van der Waals surface area contributed by atoms with E-state index in [2.05, 4.69) is 31.1 Å². The Morgan fingerprint density at radius 1 is 1.35 bits per heavy atom. The van der Waals surface area contributed by atoms with Crippen molar-refractivity contribution in [2.45, 2.75) is 39.7 Å². The third-order valence-corrected chi connectivity index (χ3v) is 4.16. The Hall–Kier alpha value is -1.75. The van der Waals surface area contributed by atoms with Crippen LogP contribution in [0.15, 0.2) is 29.3 Å². The van der Waals surface area contributed by atoms with E-state index in [1.54, 1.807) is 7.11 Å². The number of ether oxygens (including phenoxy) is 2. The van der Waals surface area contributed by atoms with Gasteiger partial charge in [-0.2, -0.15) is 0 Å². The molecule has 1 saturated heterocycles. The highest BCUT2D eigenvalue weighted by atomic mass is 16.5. The van der Waals surface area contributed by atoms with Crippen LogP contribution in [0.2, 0.25) is 0 Å². The number of nitrogens with two attached hydrogens (primary N) is 1. The number of methoxy groups -OCH3 is 1. The van der Waals surface area contributed by atoms with Gasteiger partial charge in [0.2, 0.25) is 0 Å². The van der Waals surface area contributed by atoms with Gasteiger partial charge in [0.15, 0.2) is 5.96 Å². The lowest BCUT2D eigenvalue weighted by Gasteiger charge is -2.39. The molecule has 1 heterocycles. The summed E-state index contributed by atoms with van der Waals surface area (Å²) in [6.45, 7) is 8.20. The Kier molecular flexibility index (Phi) is 5.88. The van der Waals surface area contributed by atoms with Crippen molar-refractivity contribution in [3.63, 3.8) is 0 Å². The summed E-state index contributed by atoms with van der Waals surface area (Å²) < 4.78 is 11.1. The Morgan fingerprint density at radius 2 is 2.04 bits per heavy atom. The second-order valence-corrected chi connectivity index (χ2v) is 7.14. The van der Waals surface area contributed by atoms with Crippen molar-refractivity contribution in [3.8, 4) is 5.75 Å². The Bertz CT molecular complexity index is 520. The fraction of sp³-hybridized carbons (Fsp3) is 0.611. The summed E-state index contributed by atoms with van der Waals surface area (Å²) in [5, 5.41) is 3.12. The first-order chi connectivity index (χ1) is 10.9. The minimum atomic E-state index is 0.124. The second kappa shape index (κ2) is 7.68. The monoisotopic (exact) mass is 319 g/mol. The molecule has 23 heavy (non-hydrogen) atoms. The Balaban J connectivity index is 1.94. The van der Waals surface area contributed by atoms with Crippen molar-refractivity contribution in [1.82, 2.24) is 0 Å². The molecular weight excluding hydrogens is 290 g/mol. The SMILES string of the molecule is COc1ccc(NC(N)=NCC2CCCOC2C(C)(C)C)cc1. The Labute approximate surface area is 139 Å². The lowest BCUT2D eigenvalue weighted by atomic mass is 9.78. The molecule has 2 rings (SSSR count). The zero-order valence-corrected chi connectivity index (χ0v) is 14.6. The molecule has 0 bridgehead atoms. The van der Waals surface area contributed by atoms with E-state index in [9.17, 15) is 0 Å². The number of rotatable bonds is 4. The first kappa shape index (κ1) is 17.6. The van der Waals surface area contributed by atoms with E-state index in [4.69, 9.17) is 15.2 Å². The highest BCUT2D eigenvalue weighted by Crippen LogP contribution is 2.34. The number of anilines is 1. The topological polar surface area (TPSA) is 68.9 Å². The average molecular weight is 319 g/mol. The summed E-state index contributed by atoms with van der Waals surface area (Å²) in [6, 6.07) is 7.62. The maximum atomic E-state index is 6.01. The van der Waals surface area contributed by atoms with Gasteiger partial charge in [0, 0.05) is 24.8 Å². The van der Waals surface area contributed by atoms with Gasteiger partial charge in [0.05, 0.1) is 13.2 Å². The van der Waals surface area contributed by atoms with Crippen LogP contribution in [0.25, 0.3) is 0 Å². The summed E-state index contributed by atoms with van der Waals surface area (Å²) in [5.74, 6) is 1.67. The molecule has 0 amide bonds. The highest BCUT2D eigenvalue weighted by molar-refractivity contribution is 5.92. The van der Waals surface area contributed by atoms with Crippen LogP contribution in [-0.2, 0) is 4.74 Å². The molecule has 2 atom stereocenters. The van der Waals surface area contributed by atoms with Gasteiger partial charge in [0.1, 0.15) is 5.75 Å². The van der Waals surface area contributed by atoms with Crippen molar-refractivity contribution in [2.24, 2.45) is 22.1 Å². The van der Waals surface area contributed by atoms with Gasteiger partial charge < -0.3 is 20.5 Å². The minimum Gasteiger partial charge on any atom is -0.497 e. The number of benzene rings is 1. The first-order valence-electron chi connectivity index (χ1n) is 8.23. The molecule has 0 spiro atoms. The molecule has 128 valence electrons. The Morgan fingerprint density at radius 3 is 2.65 bits per heavy atom. The van der Waals surface area contributed by atoms with Crippen LogP contribution >= 0.6 is 0 Å². The fourth-order valence-corrected chi connectivity index (χ4v) is 3.06. The van der Waals surface area contributed by atoms with Crippen LogP contribution in [0, 0.1) is 11.3 Å². The van der Waals surface area contributed by atoms with Gasteiger partial charge in [-0.15, -0.1) is 0 Å². The predicted octanol–water partition coefficient (Wildman–Crippen LogP) is 3.26. The van der Waals surface area contributed by atoms with E-state index in [1.165, 1.54) is 0 Å². The third-order valence-electron chi connectivity index (χ3n) is 4.16. The van der Waals surface area contributed by atoms with Gasteiger partial charge in [0.25, 0.3) is 0 Å². The number of guanidine groups is 1. The van der Waals surface area contributed by atoms with E-state index in [-0.39, 0.29) is 11.5 Å². The van der Waals surface area contributed by atoms with Crippen LogP contribution in [0.3, 0.4) is 0 Å². The van der Waals surface area contributed by atoms with Gasteiger partial charge in [-0.25, -0.2) is 0 Å². The van der Waals surface area contributed by atoms with Crippen LogP contribution in [-0.4, -0.2) is 32.3 Å². The first-order valence-corrected chi connectivity index (χ1v) is 8.23. The summed E-state index contributed by atoms with van der Waals surface area (Å²) in [6.07, 6.45) is 2.47. The van der Waals surface area contributed by atoms with Gasteiger partial charge in [-0.05, 0) is 42.5 Å². The molecular formula is C18H29N3O2. The number of nitrogens with zero attached hydrogens (tertiary/aromatic N) is 1. The molecule has 0 saturated carbocycles. The normalized spacial score (nSPS) is 22.7. The van der Waals surface area contributed by atoms with E-state index in [0.29, 0.717) is 18.4 Å². The summed E-state index contributed by atoms with van der Waals surface area (Å²) in [4.78, 5) is 4.52. The quantitative estimate of drug-likeness (QED) is 0.660. The van der Waals surface area contributed by atoms with Gasteiger partial charge in [-0.3, -0.25) is 4.99 Å². The predicted molar refractivity (Wildman–Crippen MR) is 95.0 cm³/mol. The largest absolute Gasteiger partial charge is 0.497 e. The molecule has 0 radical (unpaired) electrons. The van der Waals surface area contributed by atoms with Crippen molar-refractivity contribution in [2.75, 3.05) is 25.6 Å². The average Bonchev–Trinajstić information content (AvgIpc) is 2.53. The standard InChI is InChI=1S/C18H29N3O2/c1-18(2,3)16-13(6-5-11-23-16)12-20-17(19)21-14-7-9-15(22-4)10-8-14/h7-10,13,16H,5-6,11-12H2,1-4H3,(H3,19,20,21). The molecule has 1 aliphatic rings. The van der Waals surface area contributed by atoms with Crippen LogP contribution in [0.4, 0.5) is 5.69 Å². The molecule has 0 aliphatic carbocycles. The van der Waals surface area contributed by atoms with Crippen LogP contribution in [0.5, 0.6) is 5.75 Å². The smallest absolute Gasteiger partial charge is 0.193 e. The van der Waals surface area contributed by atoms with E-state index in [0.717, 1.165) is 30.9 Å². The van der Waals surface area contributed by atoms with Crippen LogP contribution < -0.4 is 15.8 Å². The molecule has 1 aliphatic heterocycles. The zero-order valence-electron chi connectivity index (χ0n) is 14.6. The molecule has 5 nitrogen and oxygen atoms in total. The third kappa shape index (κ3) is 5.13. The molecule has 1 fully saturated rings. The lowest BCUT2D eigenvalue weighted by Crippen LogP contribution is -2.41. The maximum Gasteiger partial charge on any atom is 0.193 e. The van der Waals surface area contributed by atoms with Crippen LogP contribution in [0.1, 0.15) is 33.6 Å². The number of aliphatic imine (C=N–C) groups is 1. The molecule has 5 heteroatoms. The molecule has 2 unspecified atom stereocenters. The molecule has 3 N–H and O–H groups in total. The minimum absolute atomic E-state index is 0.124. The van der Waals surface area contributed by atoms with Crippen molar-refractivity contribution < 1.29 is 9.47 Å². The maximum absolute atomic E-state index is 6.01. The van der Waals surface area contributed by atoms with E-state index < -0.39 is 0 Å². The highest BCUT2D eigenvalue weighted by Gasteiger charge is 2.35. The number of hydrogen-bond acceptors (Lipinski definition) is 3. The molecule has 1 aromatic rings. The van der Waals surface area contributed by atoms with Crippen molar-refractivity contribution in [1.29, 1.82) is 0 Å². The van der Waals surface area contributed by atoms with E-state index in [1.807, 2.05) is 24.3 Å². The summed E-state index contributed by atoms with van der Waals surface area (Å²) >= 11 is 0. The fourth-order valence-electron chi connectivity index (χ4n) is 3.06. The zero-order chi connectivity index (χ0) is 16.9. The number of nitrogens with one attached hydrogen (secondary N) is 1. The summed E-state index contributed by atoms with van der Waals surface area (Å²) in [5.41, 5.74) is 7.04. The van der Waals surface area contributed by atoms with Gasteiger partial charge in [-0.1, -0.05) is 20.8 Å². The van der Waals surface area contributed by atoms with E-state index >= 15 is 0 Å². The van der Waals surface area contributed by atoms with Crippen molar-refractivity contribution >= 4 is 11.6 Å². The second-order valence-electron chi connectivity index (χ2n) is 7.14.